The van der Waals surface area contributed by atoms with Crippen LogP contribution in [-0.4, -0.2) is 35.4 Å². The molecule has 0 heterocycles. The first-order valence-corrected chi connectivity index (χ1v) is 4.74. The highest BCUT2D eigenvalue weighted by Crippen LogP contribution is 2.08. The topological polar surface area (TPSA) is 101 Å². The molecule has 6 heteroatoms. The Labute approximate surface area is 88.0 Å². The molecule has 0 aliphatic rings. The van der Waals surface area contributed by atoms with Gasteiger partial charge in [-0.05, 0) is 12.8 Å². The van der Waals surface area contributed by atoms with Gasteiger partial charge in [0.2, 0.25) is 12.3 Å². The van der Waals surface area contributed by atoms with Crippen LogP contribution in [0.4, 0.5) is 0 Å². The van der Waals surface area contributed by atoms with Crippen LogP contribution in [0.3, 0.4) is 0 Å². The Morgan fingerprint density at radius 1 is 1.40 bits per heavy atom. The van der Waals surface area contributed by atoms with E-state index in [-0.39, 0.29) is 18.9 Å². The van der Waals surface area contributed by atoms with Crippen LogP contribution in [0, 0.1) is 5.92 Å². The van der Waals surface area contributed by atoms with Crippen molar-refractivity contribution < 1.29 is 19.6 Å². The predicted octanol–water partition coefficient (Wildman–Crippen LogP) is -0.305. The zero-order valence-electron chi connectivity index (χ0n) is 8.46. The van der Waals surface area contributed by atoms with E-state index in [0.29, 0.717) is 37.0 Å². The molecule has 1 unspecified atom stereocenters. The molecule has 0 fully saturated rings. The summed E-state index contributed by atoms with van der Waals surface area (Å²) >= 11 is 0. The standard InChI is InChI=1S/C9H16N2O4/c10-9(14)4-2-1-3-8(6-12)5-11(15)7-13/h6-8,15H,1-5H2,(H2,10,14). The third-order valence-electron chi connectivity index (χ3n) is 1.98. The van der Waals surface area contributed by atoms with Crippen molar-refractivity contribution in [2.24, 2.45) is 11.7 Å². The fourth-order valence-corrected chi connectivity index (χ4v) is 1.19. The highest BCUT2D eigenvalue weighted by atomic mass is 16.5. The van der Waals surface area contributed by atoms with Gasteiger partial charge in [0.25, 0.3) is 0 Å². The van der Waals surface area contributed by atoms with Crippen molar-refractivity contribution >= 4 is 18.6 Å². The number of primary amides is 1. The van der Waals surface area contributed by atoms with E-state index < -0.39 is 5.92 Å². The largest absolute Gasteiger partial charge is 0.370 e. The summed E-state index contributed by atoms with van der Waals surface area (Å²) in [5, 5.41) is 9.27. The van der Waals surface area contributed by atoms with E-state index in [1.807, 2.05) is 0 Å². The number of hydrogen-bond donors (Lipinski definition) is 2. The number of nitrogens with zero attached hydrogens (tertiary/aromatic N) is 1. The molecule has 0 bridgehead atoms. The second-order valence-electron chi connectivity index (χ2n) is 3.34. The lowest BCUT2D eigenvalue weighted by Gasteiger charge is -2.13. The number of hydrogen-bond acceptors (Lipinski definition) is 4. The number of carbonyl (C=O) groups excluding carboxylic acids is 3. The SMILES string of the molecule is NC(=O)CCCCC(C=O)CN(O)C=O. The molecule has 15 heavy (non-hydrogen) atoms. The summed E-state index contributed by atoms with van der Waals surface area (Å²) in [6.45, 7) is -0.0103. The van der Waals surface area contributed by atoms with Crippen LogP contribution < -0.4 is 5.73 Å². The minimum Gasteiger partial charge on any atom is -0.370 e. The van der Waals surface area contributed by atoms with Crippen molar-refractivity contribution in [2.45, 2.75) is 25.7 Å². The van der Waals surface area contributed by atoms with Crippen LogP contribution in [0.15, 0.2) is 0 Å². The molecule has 0 spiro atoms. The van der Waals surface area contributed by atoms with E-state index in [2.05, 4.69) is 0 Å². The van der Waals surface area contributed by atoms with Crippen LogP contribution in [0.25, 0.3) is 0 Å². The lowest BCUT2D eigenvalue weighted by atomic mass is 10.0. The van der Waals surface area contributed by atoms with Crippen molar-refractivity contribution in [1.82, 2.24) is 5.06 Å². The van der Waals surface area contributed by atoms with Crippen LogP contribution in [0.5, 0.6) is 0 Å². The van der Waals surface area contributed by atoms with Crippen LogP contribution >= 0.6 is 0 Å². The van der Waals surface area contributed by atoms with Gasteiger partial charge in [0.1, 0.15) is 6.29 Å². The normalized spacial score (nSPS) is 11.8. The third-order valence-corrected chi connectivity index (χ3v) is 1.98. The Morgan fingerprint density at radius 2 is 2.07 bits per heavy atom. The molecule has 0 aromatic rings. The van der Waals surface area contributed by atoms with Crippen molar-refractivity contribution in [1.29, 1.82) is 0 Å². The molecule has 2 amide bonds. The third kappa shape index (κ3) is 7.63. The second kappa shape index (κ2) is 7.93. The summed E-state index contributed by atoms with van der Waals surface area (Å²) in [4.78, 5) is 31.0. The van der Waals surface area contributed by atoms with Gasteiger partial charge in [0.15, 0.2) is 0 Å². The highest BCUT2D eigenvalue weighted by molar-refractivity contribution is 5.73. The first-order valence-electron chi connectivity index (χ1n) is 4.74. The fraction of sp³-hybridized carbons (Fsp3) is 0.667. The zero-order chi connectivity index (χ0) is 11.7. The van der Waals surface area contributed by atoms with Gasteiger partial charge in [-0.15, -0.1) is 0 Å². The molecule has 86 valence electrons. The summed E-state index contributed by atoms with van der Waals surface area (Å²) < 4.78 is 0. The quantitative estimate of drug-likeness (QED) is 0.239. The molecule has 0 aromatic heterocycles. The minimum absolute atomic E-state index is 0.0103. The smallest absolute Gasteiger partial charge is 0.233 e. The fourth-order valence-electron chi connectivity index (χ4n) is 1.19. The van der Waals surface area contributed by atoms with Crippen molar-refractivity contribution in [2.75, 3.05) is 6.54 Å². The molecule has 3 N–H and O–H groups in total. The molecule has 0 rings (SSSR count). The molecular formula is C9H16N2O4. The van der Waals surface area contributed by atoms with Gasteiger partial charge in [0, 0.05) is 12.3 Å². The van der Waals surface area contributed by atoms with Gasteiger partial charge in [-0.25, -0.2) is 5.06 Å². The van der Waals surface area contributed by atoms with Crippen LogP contribution in [-0.2, 0) is 14.4 Å². The maximum absolute atomic E-state index is 10.5. The molecule has 0 saturated heterocycles. The summed E-state index contributed by atoms with van der Waals surface area (Å²) in [6.07, 6.45) is 3.05. The van der Waals surface area contributed by atoms with Gasteiger partial charge >= 0.3 is 0 Å². The second-order valence-corrected chi connectivity index (χ2v) is 3.34. The monoisotopic (exact) mass is 216 g/mol. The summed E-state index contributed by atoms with van der Waals surface area (Å²) in [7, 11) is 0. The van der Waals surface area contributed by atoms with Gasteiger partial charge in [-0.3, -0.25) is 14.8 Å². The Balaban J connectivity index is 3.65. The van der Waals surface area contributed by atoms with Crippen LogP contribution in [0.1, 0.15) is 25.7 Å². The number of nitrogens with two attached hydrogens (primary N) is 1. The van der Waals surface area contributed by atoms with Gasteiger partial charge in [-0.2, -0.15) is 0 Å². The molecule has 1 atom stereocenters. The predicted molar refractivity (Wildman–Crippen MR) is 51.8 cm³/mol. The van der Waals surface area contributed by atoms with E-state index in [1.54, 1.807) is 0 Å². The van der Waals surface area contributed by atoms with Gasteiger partial charge in [0.05, 0.1) is 6.54 Å². The van der Waals surface area contributed by atoms with Crippen molar-refractivity contribution in [3.8, 4) is 0 Å². The minimum atomic E-state index is -0.395. The van der Waals surface area contributed by atoms with Crippen molar-refractivity contribution in [3.05, 3.63) is 0 Å². The molecular weight excluding hydrogens is 200 g/mol. The average molecular weight is 216 g/mol. The number of carbonyl (C=O) groups is 3. The highest BCUT2D eigenvalue weighted by Gasteiger charge is 2.10. The number of unbranched alkanes of at least 4 members (excludes halogenated alkanes) is 1. The maximum Gasteiger partial charge on any atom is 0.233 e. The first kappa shape index (κ1) is 13.6. The van der Waals surface area contributed by atoms with E-state index in [1.165, 1.54) is 0 Å². The number of rotatable bonds is 9. The van der Waals surface area contributed by atoms with Crippen LogP contribution in [0.2, 0.25) is 0 Å². The zero-order valence-corrected chi connectivity index (χ0v) is 8.46. The molecule has 0 saturated carbocycles. The van der Waals surface area contributed by atoms with Crippen molar-refractivity contribution in [3.63, 3.8) is 0 Å². The molecule has 0 aliphatic heterocycles. The summed E-state index contributed by atoms with van der Waals surface area (Å²) in [5.41, 5.74) is 4.94. The van der Waals surface area contributed by atoms with Gasteiger partial charge in [-0.1, -0.05) is 6.42 Å². The Bertz CT molecular complexity index is 220. The Hall–Kier alpha value is -1.43. The molecule has 0 aliphatic carbocycles. The summed E-state index contributed by atoms with van der Waals surface area (Å²) in [6, 6.07) is 0. The average Bonchev–Trinajstić information content (AvgIpc) is 2.21. The first-order chi connectivity index (χ1) is 7.10. The lowest BCUT2D eigenvalue weighted by molar-refractivity contribution is -0.153. The van der Waals surface area contributed by atoms with E-state index >= 15 is 0 Å². The Morgan fingerprint density at radius 3 is 2.53 bits per heavy atom. The number of aldehydes is 1. The van der Waals surface area contributed by atoms with E-state index in [0.717, 1.165) is 0 Å². The lowest BCUT2D eigenvalue weighted by Crippen LogP contribution is -2.25. The van der Waals surface area contributed by atoms with E-state index in [4.69, 9.17) is 10.9 Å². The molecule has 0 aromatic carbocycles. The number of hydroxylamine groups is 2. The molecule has 0 radical (unpaired) electrons. The Kier molecular flexibility index (Phi) is 7.17. The summed E-state index contributed by atoms with van der Waals surface area (Å²) in [5.74, 6) is -0.762. The number of amides is 2. The maximum atomic E-state index is 10.5. The van der Waals surface area contributed by atoms with Gasteiger partial charge < -0.3 is 10.5 Å². The van der Waals surface area contributed by atoms with E-state index in [9.17, 15) is 14.4 Å². The molecule has 6 nitrogen and oxygen atoms in total.